The lowest BCUT2D eigenvalue weighted by Gasteiger charge is -2.23. The average Bonchev–Trinajstić information content (AvgIpc) is 2.84. The lowest BCUT2D eigenvalue weighted by atomic mass is 10.1. The van der Waals surface area contributed by atoms with E-state index in [9.17, 15) is 0 Å². The van der Waals surface area contributed by atoms with Crippen LogP contribution in [0, 0.1) is 0 Å². The number of methoxy groups -OCH3 is 2. The van der Waals surface area contributed by atoms with Gasteiger partial charge in [0.05, 0.1) is 26.9 Å². The Morgan fingerprint density at radius 3 is 2.39 bits per heavy atom. The quantitative estimate of drug-likeness (QED) is 0.277. The molecule has 2 aromatic carbocycles. The lowest BCUT2D eigenvalue weighted by molar-refractivity contribution is -0.0390. The normalized spacial score (nSPS) is 14.4. The van der Waals surface area contributed by atoms with Crippen molar-refractivity contribution in [1.29, 1.82) is 0 Å². The molecule has 182 valence electrons. The summed E-state index contributed by atoms with van der Waals surface area (Å²) < 4.78 is 22.2. The molecule has 0 unspecified atom stereocenters. The molecule has 1 saturated heterocycles. The second kappa shape index (κ2) is 14.3. The van der Waals surface area contributed by atoms with Gasteiger partial charge < -0.3 is 29.2 Å². The van der Waals surface area contributed by atoms with Gasteiger partial charge in [0, 0.05) is 52.0 Å². The van der Waals surface area contributed by atoms with E-state index < -0.39 is 0 Å². The average molecular weight is 569 g/mol. The third kappa shape index (κ3) is 8.35. The van der Waals surface area contributed by atoms with Crippen molar-refractivity contribution in [1.82, 2.24) is 10.2 Å². The minimum Gasteiger partial charge on any atom is -0.497 e. The molecule has 1 heterocycles. The maximum absolute atomic E-state index is 6.01. The molecule has 33 heavy (non-hydrogen) atoms. The van der Waals surface area contributed by atoms with Gasteiger partial charge in [0.1, 0.15) is 11.5 Å². The topological polar surface area (TPSA) is 64.6 Å². The van der Waals surface area contributed by atoms with E-state index in [2.05, 4.69) is 39.5 Å². The SMILES string of the molecule is CN=C(NCc1ccc(COC2CCOCC2)cc1)N(C)Cc1ccc(OC)cc1OC.I. The predicted octanol–water partition coefficient (Wildman–Crippen LogP) is 4.22. The van der Waals surface area contributed by atoms with Crippen molar-refractivity contribution in [2.45, 2.75) is 38.6 Å². The Morgan fingerprint density at radius 2 is 1.76 bits per heavy atom. The van der Waals surface area contributed by atoms with E-state index in [0.717, 1.165) is 49.1 Å². The zero-order valence-corrected chi connectivity index (χ0v) is 22.3. The minimum absolute atomic E-state index is 0. The van der Waals surface area contributed by atoms with Gasteiger partial charge in [0.15, 0.2) is 5.96 Å². The molecule has 0 aliphatic carbocycles. The number of ether oxygens (including phenoxy) is 4. The molecule has 1 N–H and O–H groups in total. The van der Waals surface area contributed by atoms with E-state index >= 15 is 0 Å². The zero-order valence-electron chi connectivity index (χ0n) is 20.0. The molecule has 2 aromatic rings. The number of aliphatic imine (C=N–C) groups is 1. The Balaban J connectivity index is 0.00000385. The summed E-state index contributed by atoms with van der Waals surface area (Å²) >= 11 is 0. The van der Waals surface area contributed by atoms with Gasteiger partial charge >= 0.3 is 0 Å². The third-order valence-electron chi connectivity index (χ3n) is 5.60. The first kappa shape index (κ1) is 27.2. The highest BCUT2D eigenvalue weighted by molar-refractivity contribution is 14.0. The van der Waals surface area contributed by atoms with Crippen molar-refractivity contribution in [3.63, 3.8) is 0 Å². The Kier molecular flexibility index (Phi) is 11.8. The third-order valence-corrected chi connectivity index (χ3v) is 5.60. The van der Waals surface area contributed by atoms with Gasteiger partial charge in [0.25, 0.3) is 0 Å². The Morgan fingerprint density at radius 1 is 1.06 bits per heavy atom. The maximum Gasteiger partial charge on any atom is 0.193 e. The van der Waals surface area contributed by atoms with Gasteiger partial charge in [-0.25, -0.2) is 0 Å². The summed E-state index contributed by atoms with van der Waals surface area (Å²) in [7, 11) is 7.12. The molecule has 8 heteroatoms. The number of nitrogens with zero attached hydrogens (tertiary/aromatic N) is 2. The molecule has 0 bridgehead atoms. The van der Waals surface area contributed by atoms with Crippen LogP contribution in [0.5, 0.6) is 11.5 Å². The van der Waals surface area contributed by atoms with Crippen molar-refractivity contribution in [3.05, 3.63) is 59.2 Å². The van der Waals surface area contributed by atoms with Gasteiger partial charge in [0.2, 0.25) is 0 Å². The molecule has 0 spiro atoms. The highest BCUT2D eigenvalue weighted by Gasteiger charge is 2.14. The van der Waals surface area contributed by atoms with E-state index in [1.165, 1.54) is 11.1 Å². The second-order valence-corrected chi connectivity index (χ2v) is 7.87. The van der Waals surface area contributed by atoms with Gasteiger partial charge in [-0.1, -0.05) is 24.3 Å². The number of benzene rings is 2. The van der Waals surface area contributed by atoms with E-state index in [-0.39, 0.29) is 24.0 Å². The first-order valence-corrected chi connectivity index (χ1v) is 11.0. The maximum atomic E-state index is 6.01. The molecule has 1 aliphatic rings. The zero-order chi connectivity index (χ0) is 22.8. The number of rotatable bonds is 9. The summed E-state index contributed by atoms with van der Waals surface area (Å²) in [5.41, 5.74) is 3.44. The van der Waals surface area contributed by atoms with Crippen LogP contribution in [0.3, 0.4) is 0 Å². The molecular weight excluding hydrogens is 533 g/mol. The van der Waals surface area contributed by atoms with E-state index in [1.807, 2.05) is 25.2 Å². The largest absolute Gasteiger partial charge is 0.497 e. The highest BCUT2D eigenvalue weighted by atomic mass is 127. The molecule has 1 aliphatic heterocycles. The van der Waals surface area contributed by atoms with Crippen LogP contribution in [-0.2, 0) is 29.2 Å². The molecule has 1 fully saturated rings. The van der Waals surface area contributed by atoms with Crippen molar-refractivity contribution >= 4 is 29.9 Å². The van der Waals surface area contributed by atoms with Crippen LogP contribution in [-0.4, -0.2) is 58.5 Å². The second-order valence-electron chi connectivity index (χ2n) is 7.87. The van der Waals surface area contributed by atoms with Crippen molar-refractivity contribution in [3.8, 4) is 11.5 Å². The summed E-state index contributed by atoms with van der Waals surface area (Å²) in [5.74, 6) is 2.39. The molecule has 0 radical (unpaired) electrons. The molecule has 0 atom stereocenters. The summed E-state index contributed by atoms with van der Waals surface area (Å²) in [4.78, 5) is 6.49. The van der Waals surface area contributed by atoms with Crippen molar-refractivity contribution in [2.75, 3.05) is 41.5 Å². The van der Waals surface area contributed by atoms with Crippen LogP contribution in [0.2, 0.25) is 0 Å². The van der Waals surface area contributed by atoms with E-state index in [0.29, 0.717) is 25.8 Å². The summed E-state index contributed by atoms with van der Waals surface area (Å²) in [6.45, 7) is 3.60. The smallest absolute Gasteiger partial charge is 0.193 e. The lowest BCUT2D eigenvalue weighted by Crippen LogP contribution is -2.38. The Hall–Kier alpha value is -2.04. The molecule has 7 nitrogen and oxygen atoms in total. The van der Waals surface area contributed by atoms with E-state index in [1.54, 1.807) is 21.3 Å². The molecule has 0 saturated carbocycles. The van der Waals surface area contributed by atoms with Crippen LogP contribution < -0.4 is 14.8 Å². The number of guanidine groups is 1. The number of nitrogens with one attached hydrogen (secondary N) is 1. The van der Waals surface area contributed by atoms with E-state index in [4.69, 9.17) is 18.9 Å². The molecule has 0 amide bonds. The fourth-order valence-corrected chi connectivity index (χ4v) is 3.69. The fourth-order valence-electron chi connectivity index (χ4n) is 3.69. The van der Waals surface area contributed by atoms with Gasteiger partial charge in [-0.05, 0) is 36.1 Å². The first-order valence-electron chi connectivity index (χ1n) is 11.0. The van der Waals surface area contributed by atoms with Gasteiger partial charge in [-0.15, -0.1) is 24.0 Å². The first-order chi connectivity index (χ1) is 15.6. The van der Waals surface area contributed by atoms with Crippen LogP contribution >= 0.6 is 24.0 Å². The number of hydrogen-bond acceptors (Lipinski definition) is 5. The van der Waals surface area contributed by atoms with Gasteiger partial charge in [-0.2, -0.15) is 0 Å². The number of halogens is 1. The monoisotopic (exact) mass is 569 g/mol. The van der Waals surface area contributed by atoms with Crippen LogP contribution in [0.1, 0.15) is 29.5 Å². The number of hydrogen-bond donors (Lipinski definition) is 1. The Labute approximate surface area is 214 Å². The van der Waals surface area contributed by atoms with Crippen LogP contribution in [0.15, 0.2) is 47.5 Å². The molecule has 0 aromatic heterocycles. The fraction of sp³-hybridized carbons (Fsp3) is 0.480. The summed E-state index contributed by atoms with van der Waals surface area (Å²) in [6.07, 6.45) is 2.28. The van der Waals surface area contributed by atoms with Crippen molar-refractivity contribution in [2.24, 2.45) is 4.99 Å². The minimum atomic E-state index is 0. The molecule has 3 rings (SSSR count). The van der Waals surface area contributed by atoms with Crippen LogP contribution in [0.4, 0.5) is 0 Å². The Bertz CT molecular complexity index is 870. The highest BCUT2D eigenvalue weighted by Crippen LogP contribution is 2.25. The summed E-state index contributed by atoms with van der Waals surface area (Å²) in [6, 6.07) is 14.4. The molecular formula is C25H36IN3O4. The standard InChI is InChI=1S/C25H35N3O4.HI/c1-26-25(28(2)17-21-9-10-23(29-3)15-24(21)30-4)27-16-19-5-7-20(8-6-19)18-32-22-11-13-31-14-12-22;/h5-10,15,22H,11-14,16-18H2,1-4H3,(H,26,27);1H. The van der Waals surface area contributed by atoms with Crippen molar-refractivity contribution < 1.29 is 18.9 Å². The van der Waals surface area contributed by atoms with Gasteiger partial charge in [-0.3, -0.25) is 4.99 Å². The summed E-state index contributed by atoms with van der Waals surface area (Å²) in [5, 5.41) is 3.43. The van der Waals surface area contributed by atoms with Crippen LogP contribution in [0.25, 0.3) is 0 Å². The predicted molar refractivity (Wildman–Crippen MR) is 142 cm³/mol.